The molecule has 1 aromatic rings. The molecule has 1 aliphatic heterocycles. The summed E-state index contributed by atoms with van der Waals surface area (Å²) >= 11 is 6.00. The molecule has 0 spiro atoms. The van der Waals surface area contributed by atoms with E-state index in [4.69, 9.17) is 17.3 Å². The van der Waals surface area contributed by atoms with E-state index < -0.39 is 0 Å². The van der Waals surface area contributed by atoms with Crippen LogP contribution in [0.1, 0.15) is 18.9 Å². The van der Waals surface area contributed by atoms with Crippen molar-refractivity contribution >= 4 is 17.3 Å². The second-order valence-corrected chi connectivity index (χ2v) is 3.67. The number of aromatic nitrogens is 2. The standard InChI is InChI=1S/C8H13ClN4/c9-8-7(10)5-12-13(8)6-1-3-11-4-2-6/h5-6,11H,1-4,10H2. The molecule has 0 atom stereocenters. The first-order valence-corrected chi connectivity index (χ1v) is 4.86. The van der Waals surface area contributed by atoms with Gasteiger partial charge < -0.3 is 11.1 Å². The van der Waals surface area contributed by atoms with Crippen LogP contribution in [-0.4, -0.2) is 22.9 Å². The summed E-state index contributed by atoms with van der Waals surface area (Å²) in [4.78, 5) is 0. The van der Waals surface area contributed by atoms with Gasteiger partial charge in [-0.1, -0.05) is 11.6 Å². The summed E-state index contributed by atoms with van der Waals surface area (Å²) in [6.45, 7) is 2.06. The third kappa shape index (κ3) is 1.64. The summed E-state index contributed by atoms with van der Waals surface area (Å²) < 4.78 is 1.83. The van der Waals surface area contributed by atoms with Gasteiger partial charge in [-0.15, -0.1) is 0 Å². The number of nitrogens with one attached hydrogen (secondary N) is 1. The number of nitrogens with zero attached hydrogens (tertiary/aromatic N) is 2. The smallest absolute Gasteiger partial charge is 0.150 e. The lowest BCUT2D eigenvalue weighted by atomic mass is 10.1. The minimum atomic E-state index is 0.408. The van der Waals surface area contributed by atoms with Crippen LogP contribution in [0.4, 0.5) is 5.69 Å². The molecule has 5 heteroatoms. The van der Waals surface area contributed by atoms with Crippen LogP contribution < -0.4 is 11.1 Å². The molecule has 0 bridgehead atoms. The van der Waals surface area contributed by atoms with Crippen molar-refractivity contribution in [2.24, 2.45) is 0 Å². The Morgan fingerprint density at radius 1 is 1.54 bits per heavy atom. The molecule has 1 aromatic heterocycles. The molecule has 2 heterocycles. The van der Waals surface area contributed by atoms with Crippen LogP contribution in [0.2, 0.25) is 5.15 Å². The van der Waals surface area contributed by atoms with Crippen molar-refractivity contribution in [3.05, 3.63) is 11.3 Å². The van der Waals surface area contributed by atoms with E-state index in [1.165, 1.54) is 0 Å². The highest BCUT2D eigenvalue weighted by molar-refractivity contribution is 6.32. The molecule has 0 aliphatic carbocycles. The molecule has 13 heavy (non-hydrogen) atoms. The van der Waals surface area contributed by atoms with Gasteiger partial charge in [0.25, 0.3) is 0 Å². The second kappa shape index (κ2) is 3.55. The molecule has 0 radical (unpaired) electrons. The van der Waals surface area contributed by atoms with E-state index in [-0.39, 0.29) is 0 Å². The SMILES string of the molecule is Nc1cnn(C2CCNCC2)c1Cl. The largest absolute Gasteiger partial charge is 0.395 e. The van der Waals surface area contributed by atoms with Crippen molar-refractivity contribution in [2.75, 3.05) is 18.8 Å². The lowest BCUT2D eigenvalue weighted by molar-refractivity contribution is 0.343. The highest BCUT2D eigenvalue weighted by Crippen LogP contribution is 2.26. The van der Waals surface area contributed by atoms with Gasteiger partial charge in [0.1, 0.15) is 5.15 Å². The molecule has 4 nitrogen and oxygen atoms in total. The van der Waals surface area contributed by atoms with Gasteiger partial charge in [0.15, 0.2) is 0 Å². The van der Waals surface area contributed by atoms with Crippen LogP contribution in [0.5, 0.6) is 0 Å². The molecular weight excluding hydrogens is 188 g/mol. The Bertz CT molecular complexity index is 290. The summed E-state index contributed by atoms with van der Waals surface area (Å²) in [7, 11) is 0. The van der Waals surface area contributed by atoms with Gasteiger partial charge >= 0.3 is 0 Å². The number of hydrogen-bond donors (Lipinski definition) is 2. The molecule has 2 rings (SSSR count). The quantitative estimate of drug-likeness (QED) is 0.713. The van der Waals surface area contributed by atoms with E-state index in [1.54, 1.807) is 6.20 Å². The Labute approximate surface area is 82.1 Å². The highest BCUT2D eigenvalue weighted by Gasteiger charge is 2.18. The minimum Gasteiger partial charge on any atom is -0.395 e. The van der Waals surface area contributed by atoms with Crippen molar-refractivity contribution in [1.29, 1.82) is 0 Å². The molecule has 3 N–H and O–H groups in total. The Morgan fingerprint density at radius 3 is 2.77 bits per heavy atom. The lowest BCUT2D eigenvalue weighted by Crippen LogP contribution is -2.29. The van der Waals surface area contributed by atoms with Crippen LogP contribution in [0.25, 0.3) is 0 Å². The lowest BCUT2D eigenvalue weighted by Gasteiger charge is -2.23. The van der Waals surface area contributed by atoms with Gasteiger partial charge in [-0.25, -0.2) is 4.68 Å². The zero-order valence-corrected chi connectivity index (χ0v) is 8.09. The summed E-state index contributed by atoms with van der Waals surface area (Å²) in [5, 5.41) is 8.04. The maximum absolute atomic E-state index is 6.00. The van der Waals surface area contributed by atoms with Gasteiger partial charge in [-0.3, -0.25) is 0 Å². The van der Waals surface area contributed by atoms with Gasteiger partial charge in [0.05, 0.1) is 17.9 Å². The van der Waals surface area contributed by atoms with Crippen LogP contribution in [0, 0.1) is 0 Å². The van der Waals surface area contributed by atoms with Crippen molar-refractivity contribution in [1.82, 2.24) is 15.1 Å². The number of halogens is 1. The number of rotatable bonds is 1. The van der Waals surface area contributed by atoms with Crippen LogP contribution >= 0.6 is 11.6 Å². The van der Waals surface area contributed by atoms with E-state index in [0.29, 0.717) is 16.9 Å². The fraction of sp³-hybridized carbons (Fsp3) is 0.625. The van der Waals surface area contributed by atoms with Gasteiger partial charge in [-0.2, -0.15) is 5.10 Å². The Hall–Kier alpha value is -0.740. The maximum atomic E-state index is 6.00. The number of piperidine rings is 1. The normalized spacial score (nSPS) is 19.2. The molecular formula is C8H13ClN4. The number of anilines is 1. The summed E-state index contributed by atoms with van der Waals surface area (Å²) in [6.07, 6.45) is 3.76. The molecule has 0 aromatic carbocycles. The van der Waals surface area contributed by atoms with Gasteiger partial charge in [-0.05, 0) is 25.9 Å². The first-order chi connectivity index (χ1) is 6.29. The van der Waals surface area contributed by atoms with Crippen molar-refractivity contribution in [3.8, 4) is 0 Å². The number of nitrogen functional groups attached to an aromatic ring is 1. The number of nitrogens with two attached hydrogens (primary N) is 1. The Morgan fingerprint density at radius 2 is 2.23 bits per heavy atom. The van der Waals surface area contributed by atoms with E-state index in [1.807, 2.05) is 4.68 Å². The first-order valence-electron chi connectivity index (χ1n) is 4.48. The average molecular weight is 201 g/mol. The third-order valence-electron chi connectivity index (χ3n) is 2.42. The van der Waals surface area contributed by atoms with Crippen LogP contribution in [0.15, 0.2) is 6.20 Å². The van der Waals surface area contributed by atoms with E-state index >= 15 is 0 Å². The van der Waals surface area contributed by atoms with Crippen molar-refractivity contribution in [3.63, 3.8) is 0 Å². The Kier molecular flexibility index (Phi) is 2.42. The van der Waals surface area contributed by atoms with Gasteiger partial charge in [0, 0.05) is 0 Å². The van der Waals surface area contributed by atoms with Crippen LogP contribution in [-0.2, 0) is 0 Å². The maximum Gasteiger partial charge on any atom is 0.150 e. The molecule has 1 aliphatic rings. The van der Waals surface area contributed by atoms with E-state index in [0.717, 1.165) is 25.9 Å². The van der Waals surface area contributed by atoms with Crippen LogP contribution in [0.3, 0.4) is 0 Å². The Balaban J connectivity index is 2.18. The fourth-order valence-electron chi connectivity index (χ4n) is 1.67. The predicted octanol–water partition coefficient (Wildman–Crippen LogP) is 1.04. The molecule has 0 amide bonds. The minimum absolute atomic E-state index is 0.408. The molecule has 0 unspecified atom stereocenters. The second-order valence-electron chi connectivity index (χ2n) is 3.32. The summed E-state index contributed by atoms with van der Waals surface area (Å²) in [5.41, 5.74) is 6.19. The summed E-state index contributed by atoms with van der Waals surface area (Å²) in [6, 6.07) is 0.408. The zero-order chi connectivity index (χ0) is 9.26. The number of hydrogen-bond acceptors (Lipinski definition) is 3. The third-order valence-corrected chi connectivity index (χ3v) is 2.81. The molecule has 72 valence electrons. The predicted molar refractivity (Wildman–Crippen MR) is 52.8 cm³/mol. The van der Waals surface area contributed by atoms with E-state index in [9.17, 15) is 0 Å². The topological polar surface area (TPSA) is 55.9 Å². The van der Waals surface area contributed by atoms with Crippen molar-refractivity contribution in [2.45, 2.75) is 18.9 Å². The molecule has 1 fully saturated rings. The fourth-order valence-corrected chi connectivity index (χ4v) is 1.90. The van der Waals surface area contributed by atoms with Crippen molar-refractivity contribution < 1.29 is 0 Å². The zero-order valence-electron chi connectivity index (χ0n) is 7.33. The monoisotopic (exact) mass is 200 g/mol. The first kappa shape index (κ1) is 8.84. The highest BCUT2D eigenvalue weighted by atomic mass is 35.5. The molecule has 1 saturated heterocycles. The van der Waals surface area contributed by atoms with Gasteiger partial charge in [0.2, 0.25) is 0 Å². The summed E-state index contributed by atoms with van der Waals surface area (Å²) in [5.74, 6) is 0. The molecule has 0 saturated carbocycles. The average Bonchev–Trinajstić information content (AvgIpc) is 2.49. The van der Waals surface area contributed by atoms with E-state index in [2.05, 4.69) is 10.4 Å².